The fraction of sp³-hybridized carbons (Fsp3) is 0.938. The van der Waals surface area contributed by atoms with E-state index in [0.29, 0.717) is 0 Å². The molecule has 0 aromatic rings. The normalized spacial score (nSPS) is 42.9. The Labute approximate surface area is 159 Å². The number of nitrogens with one attached hydrogen (secondary N) is 4. The first-order valence-electron chi connectivity index (χ1n) is 9.61. The molecule has 8 nitrogen and oxygen atoms in total. The largest absolute Gasteiger partial charge is 0.522 e. The molecule has 1 saturated carbocycles. The number of carbonyl (C=O) groups is 1. The zero-order chi connectivity index (χ0) is 19.9. The highest BCUT2D eigenvalue weighted by molar-refractivity contribution is 5.74. The number of esters is 1. The second kappa shape index (κ2) is 8.00. The van der Waals surface area contributed by atoms with E-state index in [1.54, 1.807) is 0 Å². The van der Waals surface area contributed by atoms with Crippen LogP contribution in [0.25, 0.3) is 0 Å². The molecule has 4 rings (SSSR count). The third-order valence-electron chi connectivity index (χ3n) is 5.95. The number of carbonyl (C=O) groups excluding carboxylic acids is 1. The van der Waals surface area contributed by atoms with Crippen LogP contribution in [0.4, 0.5) is 17.6 Å². The molecule has 4 aliphatic rings. The summed E-state index contributed by atoms with van der Waals surface area (Å²) >= 11 is 0. The minimum atomic E-state index is -4.94. The Kier molecular flexibility index (Phi) is 5.78. The highest BCUT2D eigenvalue weighted by Crippen LogP contribution is 2.36. The van der Waals surface area contributed by atoms with Crippen LogP contribution in [0.1, 0.15) is 25.7 Å². The second-order valence-corrected chi connectivity index (χ2v) is 7.79. The number of cyclic esters (lactones) is 1. The average Bonchev–Trinajstić information content (AvgIpc) is 3.16. The number of nitrogens with zero attached hydrogens (tertiary/aromatic N) is 1. The lowest BCUT2D eigenvalue weighted by molar-refractivity contribution is -0.353. The molecule has 3 heterocycles. The molecular weight excluding hydrogens is 386 g/mol. The van der Waals surface area contributed by atoms with Crippen LogP contribution in [0.2, 0.25) is 0 Å². The van der Waals surface area contributed by atoms with Gasteiger partial charge in [-0.15, -0.1) is 13.2 Å². The lowest BCUT2D eigenvalue weighted by Crippen LogP contribution is -2.68. The molecule has 4 fully saturated rings. The van der Waals surface area contributed by atoms with Crippen molar-refractivity contribution in [1.29, 1.82) is 0 Å². The van der Waals surface area contributed by atoms with Crippen molar-refractivity contribution in [3.05, 3.63) is 0 Å². The maximum atomic E-state index is 14.2. The number of alkyl halides is 4. The van der Waals surface area contributed by atoms with Crippen LogP contribution in [0, 0.1) is 5.92 Å². The number of hydrazine groups is 1. The Morgan fingerprint density at radius 2 is 1.96 bits per heavy atom. The minimum absolute atomic E-state index is 0.170. The highest BCUT2D eigenvalue weighted by Gasteiger charge is 2.50. The van der Waals surface area contributed by atoms with Crippen molar-refractivity contribution in [2.45, 2.75) is 68.8 Å². The molecule has 7 unspecified atom stereocenters. The number of fused-ring (bicyclic) bond motifs is 1. The van der Waals surface area contributed by atoms with E-state index in [1.165, 1.54) is 0 Å². The molecule has 0 aromatic heterocycles. The summed E-state index contributed by atoms with van der Waals surface area (Å²) in [4.78, 5) is 14.6. The Balaban J connectivity index is 1.32. The summed E-state index contributed by atoms with van der Waals surface area (Å²) in [6, 6.07) is -0.782. The molecule has 160 valence electrons. The molecule has 0 bridgehead atoms. The third-order valence-corrected chi connectivity index (χ3v) is 5.95. The van der Waals surface area contributed by atoms with Crippen molar-refractivity contribution in [2.75, 3.05) is 19.8 Å². The van der Waals surface area contributed by atoms with E-state index in [1.807, 2.05) is 0 Å². The molecule has 0 radical (unpaired) electrons. The van der Waals surface area contributed by atoms with Crippen molar-refractivity contribution in [3.8, 4) is 0 Å². The number of rotatable bonds is 3. The molecule has 12 heteroatoms. The van der Waals surface area contributed by atoms with Crippen LogP contribution in [0.15, 0.2) is 0 Å². The van der Waals surface area contributed by atoms with E-state index >= 15 is 0 Å². The van der Waals surface area contributed by atoms with Gasteiger partial charge in [0.15, 0.2) is 6.23 Å². The number of ether oxygens (including phenoxy) is 2. The maximum absolute atomic E-state index is 14.2. The third kappa shape index (κ3) is 4.41. The summed E-state index contributed by atoms with van der Waals surface area (Å²) in [6.07, 6.45) is -7.91. The minimum Gasteiger partial charge on any atom is -0.445 e. The van der Waals surface area contributed by atoms with Gasteiger partial charge >= 0.3 is 12.3 Å². The lowest BCUT2D eigenvalue weighted by Gasteiger charge is -2.46. The van der Waals surface area contributed by atoms with Crippen molar-refractivity contribution in [2.24, 2.45) is 5.92 Å². The molecule has 0 aromatic carbocycles. The monoisotopic (exact) mass is 411 g/mol. The van der Waals surface area contributed by atoms with Crippen LogP contribution in [-0.2, 0) is 14.3 Å². The number of hydrogen-bond acceptors (Lipinski definition) is 8. The Morgan fingerprint density at radius 1 is 1.14 bits per heavy atom. The molecule has 3 saturated heterocycles. The van der Waals surface area contributed by atoms with Gasteiger partial charge in [0.25, 0.3) is 0 Å². The van der Waals surface area contributed by atoms with Gasteiger partial charge < -0.3 is 10.1 Å². The molecular formula is C16H25F4N5O3. The van der Waals surface area contributed by atoms with E-state index in [9.17, 15) is 22.4 Å². The van der Waals surface area contributed by atoms with Crippen LogP contribution in [0.3, 0.4) is 0 Å². The topological polar surface area (TPSA) is 86.9 Å². The first kappa shape index (κ1) is 20.2. The molecule has 4 N–H and O–H groups in total. The average molecular weight is 411 g/mol. The lowest BCUT2D eigenvalue weighted by atomic mass is 9.80. The van der Waals surface area contributed by atoms with Crippen LogP contribution < -0.4 is 21.5 Å². The van der Waals surface area contributed by atoms with Crippen molar-refractivity contribution in [1.82, 2.24) is 26.4 Å². The zero-order valence-corrected chi connectivity index (χ0v) is 15.2. The fourth-order valence-electron chi connectivity index (χ4n) is 4.49. The first-order chi connectivity index (χ1) is 13.3. The maximum Gasteiger partial charge on any atom is 0.522 e. The predicted octanol–water partition coefficient (Wildman–Crippen LogP) is -0.0740. The van der Waals surface area contributed by atoms with Crippen LogP contribution in [0.5, 0.6) is 0 Å². The smallest absolute Gasteiger partial charge is 0.445 e. The van der Waals surface area contributed by atoms with Gasteiger partial charge in [0.2, 0.25) is 0 Å². The van der Waals surface area contributed by atoms with Crippen molar-refractivity contribution < 1.29 is 31.8 Å². The van der Waals surface area contributed by atoms with E-state index in [0.717, 1.165) is 32.6 Å². The molecule has 28 heavy (non-hydrogen) atoms. The van der Waals surface area contributed by atoms with Crippen molar-refractivity contribution >= 4 is 5.97 Å². The SMILES string of the molecule is O=C1OC(C2CCC(N3CCNC3)NN2)NC2CC(F)C(OC(F)(F)F)CC12. The van der Waals surface area contributed by atoms with Crippen LogP contribution >= 0.6 is 0 Å². The Morgan fingerprint density at radius 3 is 2.61 bits per heavy atom. The van der Waals surface area contributed by atoms with E-state index in [-0.39, 0.29) is 25.0 Å². The van der Waals surface area contributed by atoms with E-state index < -0.39 is 42.8 Å². The summed E-state index contributed by atoms with van der Waals surface area (Å²) in [7, 11) is 0. The van der Waals surface area contributed by atoms with Crippen LogP contribution in [-0.4, -0.2) is 73.7 Å². The summed E-state index contributed by atoms with van der Waals surface area (Å²) in [5.41, 5.74) is 6.38. The van der Waals surface area contributed by atoms with Gasteiger partial charge in [-0.3, -0.25) is 19.7 Å². The van der Waals surface area contributed by atoms with Gasteiger partial charge in [-0.25, -0.2) is 15.2 Å². The Bertz CT molecular complexity index is 569. The van der Waals surface area contributed by atoms with Gasteiger partial charge in [-0.1, -0.05) is 0 Å². The summed E-state index contributed by atoms with van der Waals surface area (Å²) in [6.45, 7) is 2.70. The molecule has 7 atom stereocenters. The molecule has 0 spiro atoms. The fourth-order valence-corrected chi connectivity index (χ4v) is 4.49. The number of halogens is 4. The summed E-state index contributed by atoms with van der Waals surface area (Å²) in [5.74, 6) is -1.46. The second-order valence-electron chi connectivity index (χ2n) is 7.79. The van der Waals surface area contributed by atoms with E-state index in [2.05, 4.69) is 31.1 Å². The van der Waals surface area contributed by atoms with Gasteiger partial charge in [0.1, 0.15) is 6.17 Å². The molecule has 1 aliphatic carbocycles. The van der Waals surface area contributed by atoms with Gasteiger partial charge in [-0.2, -0.15) is 0 Å². The summed E-state index contributed by atoms with van der Waals surface area (Å²) < 4.78 is 60.8. The highest BCUT2D eigenvalue weighted by atomic mass is 19.4. The van der Waals surface area contributed by atoms with Crippen molar-refractivity contribution in [3.63, 3.8) is 0 Å². The molecule has 0 amide bonds. The summed E-state index contributed by atoms with van der Waals surface area (Å²) in [5, 5.41) is 6.37. The van der Waals surface area contributed by atoms with Gasteiger partial charge in [-0.05, 0) is 25.7 Å². The molecule has 3 aliphatic heterocycles. The van der Waals surface area contributed by atoms with E-state index in [4.69, 9.17) is 4.74 Å². The zero-order valence-electron chi connectivity index (χ0n) is 15.2. The number of hydrogen-bond donors (Lipinski definition) is 4. The quantitative estimate of drug-likeness (QED) is 0.379. The predicted molar refractivity (Wildman–Crippen MR) is 88.0 cm³/mol. The standard InChI is InChI=1S/C16H25F4N5O3/c17-9-6-11-8(5-12(9)28-16(18,19)20)15(26)27-14(22-11)10-1-2-13(24-23-10)25-4-3-21-7-25/h8-14,21-24H,1-7H2. The Hall–Kier alpha value is -1.05. The first-order valence-corrected chi connectivity index (χ1v) is 9.61. The van der Waals surface area contributed by atoms with Gasteiger partial charge in [0.05, 0.1) is 24.2 Å². The van der Waals surface area contributed by atoms with Gasteiger partial charge in [0, 0.05) is 25.8 Å².